The summed E-state index contributed by atoms with van der Waals surface area (Å²) in [7, 11) is 0. The van der Waals surface area contributed by atoms with Gasteiger partial charge < -0.3 is 20.3 Å². The zero-order valence-corrected chi connectivity index (χ0v) is 14.6. The van der Waals surface area contributed by atoms with Crippen LogP contribution < -0.4 is 11.0 Å². The van der Waals surface area contributed by atoms with Gasteiger partial charge in [0.1, 0.15) is 0 Å². The van der Waals surface area contributed by atoms with Crippen LogP contribution in [0.25, 0.3) is 21.9 Å². The molecule has 4 N–H and O–H groups in total. The molecule has 0 spiro atoms. The number of hydrogen-bond donors (Lipinski definition) is 4. The molecular weight excluding hydrogens is 328 g/mol. The summed E-state index contributed by atoms with van der Waals surface area (Å²) < 4.78 is 0. The van der Waals surface area contributed by atoms with Crippen molar-refractivity contribution in [2.45, 2.75) is 26.3 Å². The van der Waals surface area contributed by atoms with Crippen LogP contribution in [0, 0.1) is 6.92 Å². The Kier molecular flexibility index (Phi) is 3.88. The first-order valence-corrected chi connectivity index (χ1v) is 8.57. The average molecular weight is 348 g/mol. The van der Waals surface area contributed by atoms with E-state index in [1.807, 2.05) is 50.4 Å². The number of aromatic amines is 3. The van der Waals surface area contributed by atoms with E-state index in [2.05, 4.69) is 26.3 Å². The van der Waals surface area contributed by atoms with Crippen molar-refractivity contribution in [3.8, 4) is 0 Å². The summed E-state index contributed by atoms with van der Waals surface area (Å²) in [4.78, 5) is 32.5. The van der Waals surface area contributed by atoms with Gasteiger partial charge in [-0.3, -0.25) is 4.79 Å². The molecule has 1 atom stereocenters. The van der Waals surface area contributed by atoms with Gasteiger partial charge in [0.2, 0.25) is 5.91 Å². The maximum absolute atomic E-state index is 12.5. The molecule has 0 aliphatic heterocycles. The zero-order chi connectivity index (χ0) is 18.3. The third kappa shape index (κ3) is 3.01. The van der Waals surface area contributed by atoms with Crippen molar-refractivity contribution in [2.24, 2.45) is 0 Å². The lowest BCUT2D eigenvalue weighted by molar-refractivity contribution is -0.121. The molecule has 2 aromatic heterocycles. The summed E-state index contributed by atoms with van der Waals surface area (Å²) in [5, 5.41) is 4.10. The van der Waals surface area contributed by atoms with Gasteiger partial charge in [-0.25, -0.2) is 4.79 Å². The van der Waals surface area contributed by atoms with Gasteiger partial charge in [-0.05, 0) is 48.7 Å². The monoisotopic (exact) mass is 348 g/mol. The van der Waals surface area contributed by atoms with Gasteiger partial charge >= 0.3 is 5.69 Å². The molecule has 2 aromatic carbocycles. The summed E-state index contributed by atoms with van der Waals surface area (Å²) >= 11 is 0. The van der Waals surface area contributed by atoms with Crippen LogP contribution in [0.3, 0.4) is 0 Å². The fourth-order valence-corrected chi connectivity index (χ4v) is 3.31. The first-order valence-electron chi connectivity index (χ1n) is 8.57. The highest BCUT2D eigenvalue weighted by Crippen LogP contribution is 2.21. The van der Waals surface area contributed by atoms with Crippen LogP contribution >= 0.6 is 0 Å². The molecule has 132 valence electrons. The number of carbonyl (C=O) groups is 1. The lowest BCUT2D eigenvalue weighted by Gasteiger charge is -2.14. The third-order valence-corrected chi connectivity index (χ3v) is 4.69. The van der Waals surface area contributed by atoms with E-state index in [0.29, 0.717) is 6.42 Å². The maximum Gasteiger partial charge on any atom is 0.323 e. The van der Waals surface area contributed by atoms with E-state index in [4.69, 9.17) is 0 Å². The number of amides is 1. The van der Waals surface area contributed by atoms with Crippen molar-refractivity contribution in [1.82, 2.24) is 20.3 Å². The van der Waals surface area contributed by atoms with Gasteiger partial charge in [-0.15, -0.1) is 0 Å². The highest BCUT2D eigenvalue weighted by Gasteiger charge is 2.13. The molecule has 4 rings (SSSR count). The number of nitrogens with one attached hydrogen (secondary N) is 4. The number of fused-ring (bicyclic) bond motifs is 2. The van der Waals surface area contributed by atoms with Gasteiger partial charge in [0.05, 0.1) is 23.5 Å². The zero-order valence-electron chi connectivity index (χ0n) is 14.6. The first kappa shape index (κ1) is 16.2. The van der Waals surface area contributed by atoms with E-state index >= 15 is 0 Å². The molecule has 0 saturated heterocycles. The van der Waals surface area contributed by atoms with Gasteiger partial charge in [0.15, 0.2) is 0 Å². The number of aromatic nitrogens is 3. The summed E-state index contributed by atoms with van der Waals surface area (Å²) in [6.45, 7) is 3.98. The Labute approximate surface area is 149 Å². The second-order valence-corrected chi connectivity index (χ2v) is 6.71. The fourth-order valence-electron chi connectivity index (χ4n) is 3.31. The molecule has 1 amide bonds. The standard InChI is InChI=1S/C20H20N4O2/c1-11-3-5-15-14(10-21-17(15)7-11)9-19(25)22-12(2)13-4-6-16-18(8-13)24-20(26)23-16/h3-8,10,12,21H,9H2,1-2H3,(H,22,25)(H2,23,24,26). The van der Waals surface area contributed by atoms with Crippen LogP contribution in [-0.2, 0) is 11.2 Å². The number of benzene rings is 2. The Bertz CT molecular complexity index is 1170. The largest absolute Gasteiger partial charge is 0.361 e. The molecular formula is C20H20N4O2. The third-order valence-electron chi connectivity index (χ3n) is 4.69. The maximum atomic E-state index is 12.5. The van der Waals surface area contributed by atoms with E-state index in [1.54, 1.807) is 0 Å². The molecule has 4 aromatic rings. The van der Waals surface area contributed by atoms with Gasteiger partial charge in [0.25, 0.3) is 0 Å². The van der Waals surface area contributed by atoms with Crippen molar-refractivity contribution in [3.63, 3.8) is 0 Å². The van der Waals surface area contributed by atoms with Crippen LogP contribution in [-0.4, -0.2) is 20.9 Å². The van der Waals surface area contributed by atoms with Crippen molar-refractivity contribution >= 4 is 27.8 Å². The molecule has 0 aliphatic carbocycles. The van der Waals surface area contributed by atoms with Gasteiger partial charge in [0, 0.05) is 17.1 Å². The van der Waals surface area contributed by atoms with Crippen LogP contribution in [0.1, 0.15) is 29.7 Å². The summed E-state index contributed by atoms with van der Waals surface area (Å²) in [5.41, 5.74) is 5.41. The molecule has 6 heteroatoms. The van der Waals surface area contributed by atoms with Crippen LogP contribution in [0.4, 0.5) is 0 Å². The second kappa shape index (κ2) is 6.22. The molecule has 6 nitrogen and oxygen atoms in total. The lowest BCUT2D eigenvalue weighted by atomic mass is 10.1. The summed E-state index contributed by atoms with van der Waals surface area (Å²) in [6.07, 6.45) is 2.21. The molecule has 0 radical (unpaired) electrons. The van der Waals surface area contributed by atoms with E-state index < -0.39 is 0 Å². The van der Waals surface area contributed by atoms with E-state index in [1.165, 1.54) is 5.56 Å². The number of imidazole rings is 1. The number of aryl methyl sites for hydroxylation is 1. The number of hydrogen-bond acceptors (Lipinski definition) is 2. The fraction of sp³-hybridized carbons (Fsp3) is 0.200. The molecule has 1 unspecified atom stereocenters. The van der Waals surface area contributed by atoms with E-state index in [0.717, 1.165) is 33.1 Å². The van der Waals surface area contributed by atoms with Crippen molar-refractivity contribution in [3.05, 3.63) is 69.8 Å². The van der Waals surface area contributed by atoms with E-state index in [9.17, 15) is 9.59 Å². The molecule has 0 saturated carbocycles. The van der Waals surface area contributed by atoms with Crippen LogP contribution in [0.15, 0.2) is 47.4 Å². The Hall–Kier alpha value is -3.28. The van der Waals surface area contributed by atoms with Crippen LogP contribution in [0.5, 0.6) is 0 Å². The molecule has 0 fully saturated rings. The molecule has 26 heavy (non-hydrogen) atoms. The van der Waals surface area contributed by atoms with Gasteiger partial charge in [-0.1, -0.05) is 18.2 Å². The number of rotatable bonds is 4. The highest BCUT2D eigenvalue weighted by molar-refractivity contribution is 5.89. The van der Waals surface area contributed by atoms with E-state index in [-0.39, 0.29) is 17.6 Å². The second-order valence-electron chi connectivity index (χ2n) is 6.71. The first-order chi connectivity index (χ1) is 12.5. The minimum absolute atomic E-state index is 0.0402. The minimum Gasteiger partial charge on any atom is -0.361 e. The van der Waals surface area contributed by atoms with Crippen LogP contribution in [0.2, 0.25) is 0 Å². The SMILES string of the molecule is Cc1ccc2c(CC(=O)NC(C)c3ccc4[nH]c(=O)[nH]c4c3)c[nH]c2c1. The topological polar surface area (TPSA) is 93.5 Å². The quantitative estimate of drug-likeness (QED) is 0.456. The Balaban J connectivity index is 1.50. The molecule has 0 aliphatic rings. The van der Waals surface area contributed by atoms with Gasteiger partial charge in [-0.2, -0.15) is 0 Å². The molecule has 2 heterocycles. The normalized spacial score (nSPS) is 12.5. The van der Waals surface area contributed by atoms with Crippen molar-refractivity contribution in [1.29, 1.82) is 0 Å². The van der Waals surface area contributed by atoms with Crippen molar-refractivity contribution in [2.75, 3.05) is 0 Å². The smallest absolute Gasteiger partial charge is 0.323 e. The number of carbonyl (C=O) groups excluding carboxylic acids is 1. The lowest BCUT2D eigenvalue weighted by Crippen LogP contribution is -2.28. The summed E-state index contributed by atoms with van der Waals surface area (Å²) in [6, 6.07) is 11.6. The Morgan fingerprint density at radius 3 is 2.73 bits per heavy atom. The Morgan fingerprint density at radius 2 is 1.88 bits per heavy atom. The minimum atomic E-state index is -0.233. The molecule has 0 bridgehead atoms. The summed E-state index contributed by atoms with van der Waals surface area (Å²) in [5.74, 6) is -0.0402. The van der Waals surface area contributed by atoms with Crippen molar-refractivity contribution < 1.29 is 4.79 Å². The number of H-pyrrole nitrogens is 3. The predicted molar refractivity (Wildman–Crippen MR) is 102 cm³/mol. The highest BCUT2D eigenvalue weighted by atomic mass is 16.1. The Morgan fingerprint density at radius 1 is 1.08 bits per heavy atom. The predicted octanol–water partition coefficient (Wildman–Crippen LogP) is 3.07. The average Bonchev–Trinajstić information content (AvgIpc) is 3.16.